The van der Waals surface area contributed by atoms with Gasteiger partial charge in [-0.1, -0.05) is 0 Å². The molecule has 0 aromatic carbocycles. The highest BCUT2D eigenvalue weighted by atomic mass is 32.2. The van der Waals surface area contributed by atoms with E-state index in [4.69, 9.17) is 0 Å². The van der Waals surface area contributed by atoms with Gasteiger partial charge in [0, 0.05) is 45.4 Å². The molecule has 0 fully saturated rings. The molecule has 31 heavy (non-hydrogen) atoms. The number of aromatic nitrogens is 2. The molecule has 2 aliphatic rings. The van der Waals surface area contributed by atoms with Gasteiger partial charge in [0.1, 0.15) is 5.82 Å². The molecule has 4 heterocycles. The van der Waals surface area contributed by atoms with E-state index >= 15 is 0 Å². The van der Waals surface area contributed by atoms with Gasteiger partial charge in [-0.15, -0.1) is 0 Å². The van der Waals surface area contributed by atoms with Crippen LogP contribution < -0.4 is 10.2 Å². The van der Waals surface area contributed by atoms with Crippen LogP contribution >= 0.6 is 0 Å². The summed E-state index contributed by atoms with van der Waals surface area (Å²) >= 11 is 0. The van der Waals surface area contributed by atoms with Crippen molar-refractivity contribution in [3.8, 4) is 0 Å². The van der Waals surface area contributed by atoms with Gasteiger partial charge < -0.3 is 15.1 Å². The van der Waals surface area contributed by atoms with Gasteiger partial charge in [-0.3, -0.25) is 9.78 Å². The molecule has 2 aromatic heterocycles. The molecule has 4 rings (SSSR count). The van der Waals surface area contributed by atoms with Crippen molar-refractivity contribution in [2.75, 3.05) is 32.1 Å². The molecule has 0 radical (unpaired) electrons. The van der Waals surface area contributed by atoms with Crippen LogP contribution in [0.2, 0.25) is 0 Å². The van der Waals surface area contributed by atoms with Crippen LogP contribution in [0.15, 0.2) is 68.2 Å². The van der Waals surface area contributed by atoms with Crippen molar-refractivity contribution in [1.29, 1.82) is 0 Å². The minimum atomic E-state index is -3.73. The molecular formula is C20H21N7O3S. The summed E-state index contributed by atoms with van der Waals surface area (Å²) < 4.78 is 25.6. The van der Waals surface area contributed by atoms with Gasteiger partial charge in [0.2, 0.25) is 15.8 Å². The van der Waals surface area contributed by atoms with E-state index in [-0.39, 0.29) is 22.2 Å². The lowest BCUT2D eigenvalue weighted by Crippen LogP contribution is -2.31. The standard InChI is InChI=1S/C20H21N7O3S/c1-26(2)18-6-5-17(12-23-18)31(29,30)16-4-3-15(22-11-16)10-24-19(28)14-9-25-20-21-7-8-27(20)13-14/h3-6,9,11-13H,7-8,10H2,1-2H3,(H,24,28). The van der Waals surface area contributed by atoms with Crippen molar-refractivity contribution < 1.29 is 13.2 Å². The van der Waals surface area contributed by atoms with Gasteiger partial charge in [0.15, 0.2) is 0 Å². The molecule has 0 bridgehead atoms. The summed E-state index contributed by atoms with van der Waals surface area (Å²) in [6.45, 7) is 1.52. The number of carbonyl (C=O) groups excluding carboxylic acids is 1. The summed E-state index contributed by atoms with van der Waals surface area (Å²) in [5.74, 6) is 0.983. The van der Waals surface area contributed by atoms with Crippen LogP contribution in [0.3, 0.4) is 0 Å². The fourth-order valence-electron chi connectivity index (χ4n) is 3.01. The number of nitrogens with zero attached hydrogens (tertiary/aromatic N) is 6. The van der Waals surface area contributed by atoms with E-state index < -0.39 is 9.84 Å². The SMILES string of the molecule is CN(C)c1ccc(S(=O)(=O)c2ccc(CNC(=O)C3=CN4CCN=C4N=C3)nc2)cn1. The van der Waals surface area contributed by atoms with E-state index in [1.54, 1.807) is 23.2 Å². The number of sulfone groups is 1. The van der Waals surface area contributed by atoms with Crippen molar-refractivity contribution in [3.63, 3.8) is 0 Å². The number of anilines is 1. The molecule has 160 valence electrons. The topological polar surface area (TPSA) is 120 Å². The van der Waals surface area contributed by atoms with Gasteiger partial charge in [-0.25, -0.2) is 23.4 Å². The summed E-state index contributed by atoms with van der Waals surface area (Å²) in [7, 11) is -0.0755. The fourth-order valence-corrected chi connectivity index (χ4v) is 4.16. The molecule has 10 nitrogen and oxygen atoms in total. The van der Waals surface area contributed by atoms with Crippen molar-refractivity contribution in [2.24, 2.45) is 9.98 Å². The van der Waals surface area contributed by atoms with Gasteiger partial charge >= 0.3 is 0 Å². The Bertz CT molecular complexity index is 1180. The lowest BCUT2D eigenvalue weighted by molar-refractivity contribution is -0.117. The van der Waals surface area contributed by atoms with Crippen LogP contribution in [-0.4, -0.2) is 68.6 Å². The van der Waals surface area contributed by atoms with E-state index in [2.05, 4.69) is 25.3 Å². The third kappa shape index (κ3) is 4.31. The lowest BCUT2D eigenvalue weighted by Gasteiger charge is -2.17. The maximum atomic E-state index is 12.8. The van der Waals surface area contributed by atoms with Crippen molar-refractivity contribution in [3.05, 3.63) is 54.1 Å². The highest BCUT2D eigenvalue weighted by Crippen LogP contribution is 2.21. The van der Waals surface area contributed by atoms with Crippen molar-refractivity contribution in [2.45, 2.75) is 16.3 Å². The van der Waals surface area contributed by atoms with Gasteiger partial charge in [0.25, 0.3) is 5.91 Å². The molecule has 1 amide bonds. The predicted molar refractivity (Wildman–Crippen MR) is 116 cm³/mol. The second kappa shape index (κ2) is 8.26. The molecule has 0 saturated heterocycles. The lowest BCUT2D eigenvalue weighted by atomic mass is 10.2. The Morgan fingerprint density at radius 2 is 1.87 bits per heavy atom. The number of aliphatic imine (C=N–C) groups is 2. The van der Waals surface area contributed by atoms with Crippen LogP contribution in [0.4, 0.5) is 5.82 Å². The summed E-state index contributed by atoms with van der Waals surface area (Å²) in [5.41, 5.74) is 0.957. The van der Waals surface area contributed by atoms with Crippen LogP contribution in [0.1, 0.15) is 5.69 Å². The monoisotopic (exact) mass is 439 g/mol. The van der Waals surface area contributed by atoms with Crippen LogP contribution in [0, 0.1) is 0 Å². The number of hydrogen-bond acceptors (Lipinski definition) is 9. The number of carbonyl (C=O) groups is 1. The zero-order chi connectivity index (χ0) is 22.0. The molecule has 2 aromatic rings. The van der Waals surface area contributed by atoms with Crippen LogP contribution in [0.5, 0.6) is 0 Å². The van der Waals surface area contributed by atoms with Crippen LogP contribution in [0.25, 0.3) is 0 Å². The van der Waals surface area contributed by atoms with E-state index in [0.29, 0.717) is 36.1 Å². The Morgan fingerprint density at radius 1 is 1.13 bits per heavy atom. The normalized spacial score (nSPS) is 15.2. The van der Waals surface area contributed by atoms with E-state index in [9.17, 15) is 13.2 Å². The Balaban J connectivity index is 1.40. The third-order valence-electron chi connectivity index (χ3n) is 4.75. The fraction of sp³-hybridized carbons (Fsp3) is 0.250. The molecule has 0 aliphatic carbocycles. The Labute approximate surface area is 180 Å². The third-order valence-corrected chi connectivity index (χ3v) is 6.48. The highest BCUT2D eigenvalue weighted by Gasteiger charge is 2.21. The number of hydrogen-bond donors (Lipinski definition) is 1. The zero-order valence-electron chi connectivity index (χ0n) is 17.1. The molecule has 0 atom stereocenters. The van der Waals surface area contributed by atoms with E-state index in [0.717, 1.165) is 0 Å². The first-order chi connectivity index (χ1) is 14.8. The number of guanidine groups is 1. The minimum absolute atomic E-state index is 0.0601. The number of rotatable bonds is 6. The maximum absolute atomic E-state index is 12.8. The van der Waals surface area contributed by atoms with Crippen molar-refractivity contribution in [1.82, 2.24) is 20.2 Å². The number of pyridine rings is 2. The zero-order valence-corrected chi connectivity index (χ0v) is 17.9. The molecule has 1 N–H and O–H groups in total. The Hall–Kier alpha value is -3.60. The molecule has 11 heteroatoms. The van der Waals surface area contributed by atoms with Gasteiger partial charge in [-0.05, 0) is 24.3 Å². The Morgan fingerprint density at radius 3 is 2.52 bits per heavy atom. The largest absolute Gasteiger partial charge is 0.363 e. The first-order valence-electron chi connectivity index (χ1n) is 9.53. The van der Waals surface area contributed by atoms with Crippen molar-refractivity contribution >= 4 is 33.7 Å². The van der Waals surface area contributed by atoms with E-state index in [1.165, 1.54) is 30.7 Å². The number of nitrogens with one attached hydrogen (secondary N) is 1. The number of fused-ring (bicyclic) bond motifs is 1. The molecule has 2 aliphatic heterocycles. The van der Waals surface area contributed by atoms with E-state index in [1.807, 2.05) is 19.0 Å². The van der Waals surface area contributed by atoms with Gasteiger partial charge in [-0.2, -0.15) is 0 Å². The highest BCUT2D eigenvalue weighted by molar-refractivity contribution is 7.91. The molecular weight excluding hydrogens is 418 g/mol. The molecule has 0 spiro atoms. The molecule has 0 unspecified atom stereocenters. The van der Waals surface area contributed by atoms with Gasteiger partial charge in [0.05, 0.1) is 34.1 Å². The summed E-state index contributed by atoms with van der Waals surface area (Å²) in [6.07, 6.45) is 5.81. The summed E-state index contributed by atoms with van der Waals surface area (Å²) in [6, 6.07) is 6.20. The quantitative estimate of drug-likeness (QED) is 0.701. The first kappa shape index (κ1) is 20.7. The summed E-state index contributed by atoms with van der Waals surface area (Å²) in [4.78, 5) is 32.8. The Kier molecular flexibility index (Phi) is 5.51. The smallest absolute Gasteiger partial charge is 0.254 e. The predicted octanol–water partition coefficient (Wildman–Crippen LogP) is 0.631. The average Bonchev–Trinajstić information content (AvgIpc) is 3.25. The maximum Gasteiger partial charge on any atom is 0.254 e. The van der Waals surface area contributed by atoms with Crippen LogP contribution in [-0.2, 0) is 21.2 Å². The second-order valence-corrected chi connectivity index (χ2v) is 9.09. The minimum Gasteiger partial charge on any atom is -0.363 e. The second-order valence-electron chi connectivity index (χ2n) is 7.14. The first-order valence-corrected chi connectivity index (χ1v) is 11.0. The summed E-state index contributed by atoms with van der Waals surface area (Å²) in [5, 5.41) is 2.76. The average molecular weight is 440 g/mol. The molecule has 0 saturated carbocycles. The number of amides is 1.